The monoisotopic (exact) mass is 248 g/mol. The van der Waals surface area contributed by atoms with Crippen LogP contribution < -0.4 is 0 Å². The first-order chi connectivity index (χ1) is 8.69. The van der Waals surface area contributed by atoms with Crippen molar-refractivity contribution >= 4 is 6.29 Å². The molecule has 5 heteroatoms. The second kappa shape index (κ2) is 5.10. The summed E-state index contributed by atoms with van der Waals surface area (Å²) in [6, 6.07) is 4.71. The molecule has 1 N–H and O–H groups in total. The van der Waals surface area contributed by atoms with Crippen LogP contribution in [0.5, 0.6) is 0 Å². The quantitative estimate of drug-likeness (QED) is 0.846. The number of nitrogens with one attached hydrogen (secondary N) is 1. The number of hydrogen-bond acceptors (Lipinski definition) is 3. The normalized spacial score (nSPS) is 10.6. The highest BCUT2D eigenvalue weighted by atomic mass is 19.1. The van der Waals surface area contributed by atoms with Gasteiger partial charge < -0.3 is 4.74 Å². The number of H-pyrrole nitrogens is 1. The highest BCUT2D eigenvalue weighted by Gasteiger charge is 2.18. The number of aromatic nitrogens is 2. The number of hydrogen-bond donors (Lipinski definition) is 1. The second-order valence-corrected chi connectivity index (χ2v) is 3.92. The molecule has 1 aromatic heterocycles. The number of ether oxygens (including phenoxy) is 1. The number of benzene rings is 1. The van der Waals surface area contributed by atoms with Gasteiger partial charge in [0.1, 0.15) is 5.82 Å². The molecule has 0 bridgehead atoms. The van der Waals surface area contributed by atoms with E-state index in [0.717, 1.165) is 0 Å². The van der Waals surface area contributed by atoms with Crippen LogP contribution in [0.2, 0.25) is 0 Å². The Balaban J connectivity index is 2.65. The first-order valence-electron chi connectivity index (χ1n) is 5.46. The Kier molecular flexibility index (Phi) is 3.53. The van der Waals surface area contributed by atoms with Crippen molar-refractivity contribution in [3.05, 3.63) is 40.8 Å². The molecule has 0 radical (unpaired) electrons. The minimum absolute atomic E-state index is 0.267. The predicted octanol–water partition coefficient (Wildman–Crippen LogP) is 2.48. The molecule has 18 heavy (non-hydrogen) atoms. The molecule has 0 saturated heterocycles. The van der Waals surface area contributed by atoms with E-state index in [1.807, 2.05) is 0 Å². The first kappa shape index (κ1) is 12.4. The molecule has 1 aromatic carbocycles. The molecule has 4 nitrogen and oxygen atoms in total. The van der Waals surface area contributed by atoms with Gasteiger partial charge in [-0.25, -0.2) is 4.39 Å². The minimum atomic E-state index is -0.406. The molecular weight excluding hydrogens is 235 g/mol. The van der Waals surface area contributed by atoms with Gasteiger partial charge in [0.25, 0.3) is 0 Å². The topological polar surface area (TPSA) is 55.0 Å². The fourth-order valence-electron chi connectivity index (χ4n) is 1.90. The van der Waals surface area contributed by atoms with E-state index in [9.17, 15) is 9.18 Å². The summed E-state index contributed by atoms with van der Waals surface area (Å²) in [7, 11) is 1.54. The molecule has 0 unspecified atom stereocenters. The van der Waals surface area contributed by atoms with Crippen LogP contribution >= 0.6 is 0 Å². The Hall–Kier alpha value is -2.01. The third kappa shape index (κ3) is 2.04. The van der Waals surface area contributed by atoms with Crippen LogP contribution in [0.4, 0.5) is 4.39 Å². The van der Waals surface area contributed by atoms with Gasteiger partial charge in [-0.3, -0.25) is 9.89 Å². The molecule has 0 spiro atoms. The van der Waals surface area contributed by atoms with E-state index in [1.165, 1.54) is 13.2 Å². The SMILES string of the molecule is COCc1cccc(F)c1-c1[nH]nc(C)c1C=O. The van der Waals surface area contributed by atoms with Gasteiger partial charge in [-0.1, -0.05) is 12.1 Å². The standard InChI is InChI=1S/C13H13FN2O2/c1-8-10(6-17)13(16-15-8)12-9(7-18-2)4-3-5-11(12)14/h3-6H,7H2,1-2H3,(H,15,16). The van der Waals surface area contributed by atoms with Crippen LogP contribution in [0.3, 0.4) is 0 Å². The summed E-state index contributed by atoms with van der Waals surface area (Å²) in [6.45, 7) is 1.96. The summed E-state index contributed by atoms with van der Waals surface area (Å²) in [5.41, 5.74) is 2.32. The second-order valence-electron chi connectivity index (χ2n) is 3.92. The van der Waals surface area contributed by atoms with Crippen molar-refractivity contribution in [1.29, 1.82) is 0 Å². The fraction of sp³-hybridized carbons (Fsp3) is 0.231. The molecular formula is C13H13FN2O2. The lowest BCUT2D eigenvalue weighted by molar-refractivity contribution is 0.112. The fourth-order valence-corrected chi connectivity index (χ4v) is 1.90. The smallest absolute Gasteiger partial charge is 0.154 e. The van der Waals surface area contributed by atoms with Crippen LogP contribution in [0.25, 0.3) is 11.3 Å². The molecule has 0 amide bonds. The number of carbonyl (C=O) groups is 1. The van der Waals surface area contributed by atoms with Crippen molar-refractivity contribution in [3.8, 4) is 11.3 Å². The van der Waals surface area contributed by atoms with Crippen molar-refractivity contribution in [1.82, 2.24) is 10.2 Å². The predicted molar refractivity (Wildman–Crippen MR) is 64.8 cm³/mol. The lowest BCUT2D eigenvalue weighted by Crippen LogP contribution is -1.98. The van der Waals surface area contributed by atoms with Gasteiger partial charge in [-0.15, -0.1) is 0 Å². The lowest BCUT2D eigenvalue weighted by atomic mass is 10.0. The van der Waals surface area contributed by atoms with Gasteiger partial charge in [0.05, 0.1) is 23.6 Å². The molecule has 2 rings (SSSR count). The molecule has 0 fully saturated rings. The Morgan fingerprint density at radius 1 is 1.50 bits per heavy atom. The number of carbonyl (C=O) groups excluding carboxylic acids is 1. The number of nitrogens with zero attached hydrogens (tertiary/aromatic N) is 1. The van der Waals surface area contributed by atoms with Crippen molar-refractivity contribution in [3.63, 3.8) is 0 Å². The van der Waals surface area contributed by atoms with Gasteiger partial charge in [-0.2, -0.15) is 5.10 Å². The molecule has 94 valence electrons. The van der Waals surface area contributed by atoms with Crippen molar-refractivity contribution < 1.29 is 13.9 Å². The number of methoxy groups -OCH3 is 1. The average Bonchev–Trinajstić information content (AvgIpc) is 2.71. The van der Waals surface area contributed by atoms with E-state index in [2.05, 4.69) is 10.2 Å². The van der Waals surface area contributed by atoms with E-state index in [1.54, 1.807) is 19.1 Å². The molecule has 0 atom stereocenters. The number of aryl methyl sites for hydroxylation is 1. The Morgan fingerprint density at radius 2 is 2.28 bits per heavy atom. The van der Waals surface area contributed by atoms with Gasteiger partial charge in [0, 0.05) is 12.7 Å². The Morgan fingerprint density at radius 3 is 2.94 bits per heavy atom. The summed E-state index contributed by atoms with van der Waals surface area (Å²) in [6.07, 6.45) is 0.678. The molecule has 1 heterocycles. The highest BCUT2D eigenvalue weighted by molar-refractivity contribution is 5.88. The van der Waals surface area contributed by atoms with Gasteiger partial charge in [-0.05, 0) is 18.6 Å². The maximum absolute atomic E-state index is 14.0. The molecule has 0 aliphatic carbocycles. The van der Waals surface area contributed by atoms with Crippen LogP contribution in [-0.4, -0.2) is 23.6 Å². The van der Waals surface area contributed by atoms with E-state index in [0.29, 0.717) is 34.4 Å². The number of halogens is 1. The van der Waals surface area contributed by atoms with Crippen molar-refractivity contribution in [2.75, 3.05) is 7.11 Å². The van der Waals surface area contributed by atoms with Gasteiger partial charge in [0.15, 0.2) is 6.29 Å². The molecule has 2 aromatic rings. The van der Waals surface area contributed by atoms with E-state index >= 15 is 0 Å². The highest BCUT2D eigenvalue weighted by Crippen LogP contribution is 2.29. The zero-order valence-corrected chi connectivity index (χ0v) is 10.2. The largest absolute Gasteiger partial charge is 0.380 e. The number of aromatic amines is 1. The maximum atomic E-state index is 14.0. The van der Waals surface area contributed by atoms with E-state index in [4.69, 9.17) is 4.74 Å². The van der Waals surface area contributed by atoms with Crippen molar-refractivity contribution in [2.24, 2.45) is 0 Å². The summed E-state index contributed by atoms with van der Waals surface area (Å²) < 4.78 is 19.0. The molecule has 0 aliphatic rings. The van der Waals surface area contributed by atoms with Gasteiger partial charge in [0.2, 0.25) is 0 Å². The van der Waals surface area contributed by atoms with Crippen LogP contribution in [0, 0.1) is 12.7 Å². The number of rotatable bonds is 4. The summed E-state index contributed by atoms with van der Waals surface area (Å²) >= 11 is 0. The van der Waals surface area contributed by atoms with E-state index in [-0.39, 0.29) is 6.61 Å². The van der Waals surface area contributed by atoms with Crippen molar-refractivity contribution in [2.45, 2.75) is 13.5 Å². The third-order valence-electron chi connectivity index (χ3n) is 2.76. The first-order valence-corrected chi connectivity index (χ1v) is 5.46. The van der Waals surface area contributed by atoms with E-state index < -0.39 is 5.82 Å². The molecule has 0 saturated carbocycles. The van der Waals surface area contributed by atoms with Crippen LogP contribution in [0.15, 0.2) is 18.2 Å². The zero-order valence-electron chi connectivity index (χ0n) is 10.2. The maximum Gasteiger partial charge on any atom is 0.154 e. The summed E-state index contributed by atoms with van der Waals surface area (Å²) in [4.78, 5) is 11.0. The Labute approximate surface area is 104 Å². The number of aldehydes is 1. The summed E-state index contributed by atoms with van der Waals surface area (Å²) in [5, 5.41) is 6.65. The molecule has 0 aliphatic heterocycles. The zero-order chi connectivity index (χ0) is 13.1. The Bertz CT molecular complexity index is 578. The van der Waals surface area contributed by atoms with Crippen LogP contribution in [-0.2, 0) is 11.3 Å². The summed E-state index contributed by atoms with van der Waals surface area (Å²) in [5.74, 6) is -0.406. The van der Waals surface area contributed by atoms with Gasteiger partial charge >= 0.3 is 0 Å². The average molecular weight is 248 g/mol. The third-order valence-corrected chi connectivity index (χ3v) is 2.76. The minimum Gasteiger partial charge on any atom is -0.380 e. The van der Waals surface area contributed by atoms with Crippen LogP contribution in [0.1, 0.15) is 21.6 Å². The lowest BCUT2D eigenvalue weighted by Gasteiger charge is -2.09.